The van der Waals surface area contributed by atoms with E-state index >= 15 is 0 Å². The van der Waals surface area contributed by atoms with E-state index in [2.05, 4.69) is 10.1 Å². The highest BCUT2D eigenvalue weighted by atomic mass is 32.2. The van der Waals surface area contributed by atoms with Gasteiger partial charge in [-0.15, -0.1) is 0 Å². The van der Waals surface area contributed by atoms with Crippen LogP contribution in [0.3, 0.4) is 0 Å². The molecule has 0 fully saturated rings. The van der Waals surface area contributed by atoms with Gasteiger partial charge in [0.05, 0.1) is 12.0 Å². The van der Waals surface area contributed by atoms with Gasteiger partial charge in [-0.1, -0.05) is 12.1 Å². The molecule has 9 heteroatoms. The van der Waals surface area contributed by atoms with E-state index in [9.17, 15) is 12.8 Å². The minimum absolute atomic E-state index is 0.100. The van der Waals surface area contributed by atoms with Crippen LogP contribution in [0.2, 0.25) is 0 Å². The Kier molecular flexibility index (Phi) is 4.09. The van der Waals surface area contributed by atoms with E-state index in [0.717, 1.165) is 0 Å². The highest BCUT2D eigenvalue weighted by Gasteiger charge is 2.22. The van der Waals surface area contributed by atoms with E-state index in [0.29, 0.717) is 22.5 Å². The van der Waals surface area contributed by atoms with Gasteiger partial charge >= 0.3 is 0 Å². The molecule has 2 N–H and O–H groups in total. The Balaban J connectivity index is 2.08. The molecule has 0 aliphatic heterocycles. The standard InChI is InChI=1S/C18H14FN5O2S/c19-15-4-2-13(3-5-15)14-10-16(23-9-7-21-12-23)18(24-8-1-6-22-24)17(11-14)27(20,25)26/h1-12H,(H2,20,25,26). The molecule has 4 aromatic rings. The molecule has 0 saturated heterocycles. The van der Waals surface area contributed by atoms with Gasteiger partial charge in [0.15, 0.2) is 0 Å². The van der Waals surface area contributed by atoms with Gasteiger partial charge in [0.25, 0.3) is 0 Å². The maximum Gasteiger partial charge on any atom is 0.240 e. The summed E-state index contributed by atoms with van der Waals surface area (Å²) in [7, 11) is -4.08. The van der Waals surface area contributed by atoms with Gasteiger partial charge in [0.1, 0.15) is 16.4 Å². The first-order chi connectivity index (χ1) is 12.9. The van der Waals surface area contributed by atoms with Crippen molar-refractivity contribution in [1.82, 2.24) is 19.3 Å². The number of nitrogens with two attached hydrogens (primary N) is 1. The van der Waals surface area contributed by atoms with Crippen LogP contribution in [0.1, 0.15) is 0 Å². The Bertz CT molecular complexity index is 1190. The van der Waals surface area contributed by atoms with Gasteiger partial charge in [0.2, 0.25) is 10.0 Å². The molecule has 0 atom stereocenters. The summed E-state index contributed by atoms with van der Waals surface area (Å²) in [5, 5.41) is 9.66. The molecule has 2 aromatic heterocycles. The van der Waals surface area contributed by atoms with Crippen molar-refractivity contribution in [2.45, 2.75) is 4.90 Å². The third-order valence-corrected chi connectivity index (χ3v) is 4.98. The highest BCUT2D eigenvalue weighted by molar-refractivity contribution is 7.89. The minimum atomic E-state index is -4.08. The molecular weight excluding hydrogens is 369 g/mol. The fourth-order valence-electron chi connectivity index (χ4n) is 2.85. The second kappa shape index (κ2) is 6.45. The number of hydrogen-bond donors (Lipinski definition) is 1. The van der Waals surface area contributed by atoms with Crippen molar-refractivity contribution >= 4 is 10.0 Å². The predicted octanol–water partition coefficient (Wildman–Crippen LogP) is 2.51. The zero-order valence-electron chi connectivity index (χ0n) is 13.9. The molecule has 0 unspecified atom stereocenters. The van der Waals surface area contributed by atoms with Crippen LogP contribution in [0.15, 0.2) is 78.5 Å². The zero-order chi connectivity index (χ0) is 19.0. The maximum atomic E-state index is 13.3. The van der Waals surface area contributed by atoms with Crippen LogP contribution in [0.25, 0.3) is 22.5 Å². The molecule has 0 radical (unpaired) electrons. The second-order valence-electron chi connectivity index (χ2n) is 5.81. The molecule has 136 valence electrons. The van der Waals surface area contributed by atoms with Gasteiger partial charge in [-0.05, 0) is 41.5 Å². The summed E-state index contributed by atoms with van der Waals surface area (Å²) in [6.07, 6.45) is 7.97. The van der Waals surface area contributed by atoms with Gasteiger partial charge < -0.3 is 4.57 Å². The number of rotatable bonds is 4. The molecule has 2 heterocycles. The van der Waals surface area contributed by atoms with Crippen LogP contribution in [0.5, 0.6) is 0 Å². The van der Waals surface area contributed by atoms with Crippen molar-refractivity contribution < 1.29 is 12.8 Å². The minimum Gasteiger partial charge on any atom is -0.304 e. The van der Waals surface area contributed by atoms with Crippen LogP contribution in [-0.4, -0.2) is 27.7 Å². The predicted molar refractivity (Wildman–Crippen MR) is 97.5 cm³/mol. The first kappa shape index (κ1) is 17.1. The summed E-state index contributed by atoms with van der Waals surface area (Å²) < 4.78 is 41.1. The van der Waals surface area contributed by atoms with Crippen LogP contribution in [0, 0.1) is 5.82 Å². The van der Waals surface area contributed by atoms with Crippen LogP contribution < -0.4 is 5.14 Å². The number of sulfonamides is 1. The number of nitrogens with zero attached hydrogens (tertiary/aromatic N) is 4. The highest BCUT2D eigenvalue weighted by Crippen LogP contribution is 2.32. The summed E-state index contributed by atoms with van der Waals surface area (Å²) in [6.45, 7) is 0. The normalized spacial score (nSPS) is 11.6. The second-order valence-corrected chi connectivity index (χ2v) is 7.34. The average Bonchev–Trinajstić information content (AvgIpc) is 3.34. The quantitative estimate of drug-likeness (QED) is 0.586. The van der Waals surface area contributed by atoms with Crippen LogP contribution in [0.4, 0.5) is 4.39 Å². The molecule has 7 nitrogen and oxygen atoms in total. The summed E-state index contributed by atoms with van der Waals surface area (Å²) >= 11 is 0. The van der Waals surface area contributed by atoms with Crippen LogP contribution in [-0.2, 0) is 10.0 Å². The number of benzene rings is 2. The molecule has 2 aromatic carbocycles. The van der Waals surface area contributed by atoms with Crippen molar-refractivity contribution in [3.05, 3.63) is 79.4 Å². The summed E-state index contributed by atoms with van der Waals surface area (Å²) in [6, 6.07) is 10.7. The van der Waals surface area contributed by atoms with Crippen molar-refractivity contribution in [3.63, 3.8) is 0 Å². The topological polar surface area (TPSA) is 95.8 Å². The Hall–Kier alpha value is -3.30. The van der Waals surface area contributed by atoms with Gasteiger partial charge in [-0.25, -0.2) is 27.6 Å². The Morgan fingerprint density at radius 1 is 1.00 bits per heavy atom. The molecule has 0 saturated carbocycles. The number of aromatic nitrogens is 4. The number of halogens is 1. The Labute approximate surface area is 154 Å². The molecular formula is C18H14FN5O2S. The van der Waals surface area contributed by atoms with Crippen molar-refractivity contribution in [1.29, 1.82) is 0 Å². The Morgan fingerprint density at radius 2 is 1.78 bits per heavy atom. The van der Waals surface area contributed by atoms with E-state index in [1.807, 2.05) is 0 Å². The van der Waals surface area contributed by atoms with Gasteiger partial charge in [0, 0.05) is 24.8 Å². The zero-order valence-corrected chi connectivity index (χ0v) is 14.7. The molecule has 0 bridgehead atoms. The molecule has 0 spiro atoms. The molecule has 0 aliphatic rings. The lowest BCUT2D eigenvalue weighted by Crippen LogP contribution is -2.17. The molecule has 0 amide bonds. The van der Waals surface area contributed by atoms with Crippen molar-refractivity contribution in [3.8, 4) is 22.5 Å². The monoisotopic (exact) mass is 383 g/mol. The third kappa shape index (κ3) is 3.25. The smallest absolute Gasteiger partial charge is 0.240 e. The fourth-order valence-corrected chi connectivity index (χ4v) is 3.61. The number of primary sulfonamides is 1. The number of imidazole rings is 1. The largest absolute Gasteiger partial charge is 0.304 e. The summed E-state index contributed by atoms with van der Waals surface area (Å²) in [5.41, 5.74) is 2.03. The van der Waals surface area contributed by atoms with Gasteiger partial charge in [-0.3, -0.25) is 0 Å². The SMILES string of the molecule is NS(=O)(=O)c1cc(-c2ccc(F)cc2)cc(-n2ccnc2)c1-n1cccn1. The van der Waals surface area contributed by atoms with Crippen molar-refractivity contribution in [2.24, 2.45) is 5.14 Å². The summed E-state index contributed by atoms with van der Waals surface area (Å²) in [4.78, 5) is 3.93. The fraction of sp³-hybridized carbons (Fsp3) is 0. The number of hydrogen-bond acceptors (Lipinski definition) is 4. The van der Waals surface area contributed by atoms with E-state index < -0.39 is 10.0 Å². The van der Waals surface area contributed by atoms with E-state index in [1.54, 1.807) is 59.9 Å². The first-order valence-electron chi connectivity index (χ1n) is 7.88. The third-order valence-electron chi connectivity index (χ3n) is 4.05. The van der Waals surface area contributed by atoms with E-state index in [4.69, 9.17) is 5.14 Å². The first-order valence-corrected chi connectivity index (χ1v) is 9.43. The molecule has 27 heavy (non-hydrogen) atoms. The lowest BCUT2D eigenvalue weighted by Gasteiger charge is -2.17. The lowest BCUT2D eigenvalue weighted by atomic mass is 10.0. The lowest BCUT2D eigenvalue weighted by molar-refractivity contribution is 0.596. The molecule has 0 aliphatic carbocycles. The summed E-state index contributed by atoms with van der Waals surface area (Å²) in [5.74, 6) is -0.381. The van der Waals surface area contributed by atoms with E-state index in [1.165, 1.54) is 22.9 Å². The average molecular weight is 383 g/mol. The van der Waals surface area contributed by atoms with Crippen LogP contribution >= 0.6 is 0 Å². The van der Waals surface area contributed by atoms with Crippen molar-refractivity contribution in [2.75, 3.05) is 0 Å². The van der Waals surface area contributed by atoms with E-state index in [-0.39, 0.29) is 10.7 Å². The molecule has 4 rings (SSSR count). The maximum absolute atomic E-state index is 13.3. The Morgan fingerprint density at radius 3 is 2.37 bits per heavy atom. The van der Waals surface area contributed by atoms with Gasteiger partial charge in [-0.2, -0.15) is 5.10 Å².